The van der Waals surface area contributed by atoms with Crippen LogP contribution in [0.3, 0.4) is 0 Å². The zero-order chi connectivity index (χ0) is 17.5. The molecule has 0 spiro atoms. The van der Waals surface area contributed by atoms with Crippen LogP contribution in [-0.4, -0.2) is 68.6 Å². The SMILES string of the molecule is COC(=O)/C=C/c1ccc(OCCN(C)C2CCN(C)C2=O)cc1. The molecule has 0 aliphatic carbocycles. The van der Waals surface area contributed by atoms with Crippen LogP contribution in [0.2, 0.25) is 0 Å². The number of amides is 1. The van der Waals surface area contributed by atoms with E-state index in [2.05, 4.69) is 4.74 Å². The van der Waals surface area contributed by atoms with Gasteiger partial charge in [-0.05, 0) is 37.2 Å². The predicted molar refractivity (Wildman–Crippen MR) is 91.7 cm³/mol. The first-order valence-electron chi connectivity index (χ1n) is 7.95. The Morgan fingerprint density at radius 3 is 2.67 bits per heavy atom. The summed E-state index contributed by atoms with van der Waals surface area (Å²) < 4.78 is 10.3. The van der Waals surface area contributed by atoms with Gasteiger partial charge in [-0.1, -0.05) is 12.1 Å². The van der Waals surface area contributed by atoms with Crippen molar-refractivity contribution in [1.82, 2.24) is 9.80 Å². The molecule has 1 aromatic carbocycles. The summed E-state index contributed by atoms with van der Waals surface area (Å²) in [6.07, 6.45) is 3.93. The molecule has 1 saturated heterocycles. The van der Waals surface area contributed by atoms with Crippen molar-refractivity contribution >= 4 is 18.0 Å². The summed E-state index contributed by atoms with van der Waals surface area (Å²) in [5.74, 6) is 0.554. The largest absolute Gasteiger partial charge is 0.492 e. The second-order valence-corrected chi connectivity index (χ2v) is 5.82. The van der Waals surface area contributed by atoms with Crippen molar-refractivity contribution in [3.8, 4) is 5.75 Å². The summed E-state index contributed by atoms with van der Waals surface area (Å²) in [6, 6.07) is 7.41. The lowest BCUT2D eigenvalue weighted by molar-refractivity contribution is -0.134. The molecule has 0 N–H and O–H groups in total. The summed E-state index contributed by atoms with van der Waals surface area (Å²) >= 11 is 0. The Hall–Kier alpha value is -2.34. The smallest absolute Gasteiger partial charge is 0.330 e. The van der Waals surface area contributed by atoms with E-state index in [-0.39, 0.29) is 17.9 Å². The number of likely N-dealkylation sites (tertiary alicyclic amines) is 1. The molecule has 0 radical (unpaired) electrons. The van der Waals surface area contributed by atoms with Crippen LogP contribution in [0.4, 0.5) is 0 Å². The molecule has 0 aromatic heterocycles. The van der Waals surface area contributed by atoms with Gasteiger partial charge in [0, 0.05) is 26.2 Å². The maximum atomic E-state index is 12.0. The van der Waals surface area contributed by atoms with Gasteiger partial charge < -0.3 is 14.4 Å². The average Bonchev–Trinajstić information content (AvgIpc) is 2.93. The van der Waals surface area contributed by atoms with Crippen LogP contribution in [0.1, 0.15) is 12.0 Å². The van der Waals surface area contributed by atoms with Crippen molar-refractivity contribution in [1.29, 1.82) is 0 Å². The maximum Gasteiger partial charge on any atom is 0.330 e. The number of hydrogen-bond acceptors (Lipinski definition) is 5. The molecule has 0 bridgehead atoms. The molecule has 2 rings (SSSR count). The molecular weight excluding hydrogens is 308 g/mol. The molecule has 1 aliphatic heterocycles. The highest BCUT2D eigenvalue weighted by molar-refractivity contribution is 5.86. The van der Waals surface area contributed by atoms with E-state index in [0.717, 1.165) is 24.3 Å². The van der Waals surface area contributed by atoms with E-state index in [9.17, 15) is 9.59 Å². The normalized spacial score (nSPS) is 17.8. The zero-order valence-electron chi connectivity index (χ0n) is 14.4. The average molecular weight is 332 g/mol. The second kappa shape index (κ2) is 8.49. The number of nitrogens with zero attached hydrogens (tertiary/aromatic N) is 2. The molecule has 1 heterocycles. The van der Waals surface area contributed by atoms with Crippen LogP contribution in [-0.2, 0) is 14.3 Å². The fourth-order valence-electron chi connectivity index (χ4n) is 2.58. The Balaban J connectivity index is 1.77. The number of benzene rings is 1. The van der Waals surface area contributed by atoms with E-state index in [1.807, 2.05) is 43.3 Å². The van der Waals surface area contributed by atoms with Crippen molar-refractivity contribution in [3.63, 3.8) is 0 Å². The molecular formula is C18H24N2O4. The lowest BCUT2D eigenvalue weighted by Crippen LogP contribution is -2.40. The van der Waals surface area contributed by atoms with Gasteiger partial charge in [0.25, 0.3) is 0 Å². The summed E-state index contributed by atoms with van der Waals surface area (Å²) in [5.41, 5.74) is 0.893. The molecule has 6 nitrogen and oxygen atoms in total. The first-order valence-corrected chi connectivity index (χ1v) is 7.95. The highest BCUT2D eigenvalue weighted by atomic mass is 16.5. The van der Waals surface area contributed by atoms with Gasteiger partial charge in [0.1, 0.15) is 12.4 Å². The molecule has 130 valence electrons. The van der Waals surface area contributed by atoms with Crippen molar-refractivity contribution in [2.24, 2.45) is 0 Å². The van der Waals surface area contributed by atoms with E-state index in [1.165, 1.54) is 13.2 Å². The highest BCUT2D eigenvalue weighted by Gasteiger charge is 2.31. The van der Waals surface area contributed by atoms with E-state index in [0.29, 0.717) is 13.2 Å². The molecule has 1 unspecified atom stereocenters. The standard InChI is InChI=1S/C18H24N2O4/c1-19(16-10-11-20(2)18(16)22)12-13-24-15-7-4-14(5-8-15)6-9-17(21)23-3/h4-9,16H,10-13H2,1-3H3/b9-6+. The van der Waals surface area contributed by atoms with Gasteiger partial charge in [0.15, 0.2) is 0 Å². The van der Waals surface area contributed by atoms with Crippen molar-refractivity contribution < 1.29 is 19.1 Å². The quantitative estimate of drug-likeness (QED) is 0.558. The van der Waals surface area contributed by atoms with Crippen LogP contribution in [0, 0.1) is 0 Å². The molecule has 1 fully saturated rings. The summed E-state index contributed by atoms with van der Waals surface area (Å²) in [5, 5.41) is 0. The Kier molecular flexibility index (Phi) is 6.37. The molecule has 1 amide bonds. The maximum absolute atomic E-state index is 12.0. The van der Waals surface area contributed by atoms with Crippen molar-refractivity contribution in [2.45, 2.75) is 12.5 Å². The van der Waals surface area contributed by atoms with Gasteiger partial charge in [0.05, 0.1) is 13.2 Å². The van der Waals surface area contributed by atoms with Gasteiger partial charge in [0.2, 0.25) is 5.91 Å². The van der Waals surface area contributed by atoms with E-state index >= 15 is 0 Å². The molecule has 1 aromatic rings. The number of carbonyl (C=O) groups is 2. The zero-order valence-corrected chi connectivity index (χ0v) is 14.4. The minimum absolute atomic E-state index is 0.0376. The van der Waals surface area contributed by atoms with E-state index < -0.39 is 0 Å². The Morgan fingerprint density at radius 2 is 2.08 bits per heavy atom. The number of ether oxygens (including phenoxy) is 2. The number of esters is 1. The van der Waals surface area contributed by atoms with Crippen LogP contribution < -0.4 is 4.74 Å². The Labute approximate surface area is 142 Å². The molecule has 1 atom stereocenters. The van der Waals surface area contributed by atoms with Crippen molar-refractivity contribution in [2.75, 3.05) is 40.9 Å². The summed E-state index contributed by atoms with van der Waals surface area (Å²) in [7, 11) is 5.13. The Bertz CT molecular complexity index is 598. The lowest BCUT2D eigenvalue weighted by atomic mass is 10.2. The van der Waals surface area contributed by atoms with E-state index in [4.69, 9.17) is 4.74 Å². The highest BCUT2D eigenvalue weighted by Crippen LogP contribution is 2.16. The van der Waals surface area contributed by atoms with Gasteiger partial charge >= 0.3 is 5.97 Å². The number of likely N-dealkylation sites (N-methyl/N-ethyl adjacent to an activating group) is 2. The van der Waals surface area contributed by atoms with Gasteiger partial charge in [-0.25, -0.2) is 4.79 Å². The summed E-state index contributed by atoms with van der Waals surface area (Å²) in [4.78, 5) is 26.8. The van der Waals surface area contributed by atoms with Crippen LogP contribution in [0.15, 0.2) is 30.3 Å². The van der Waals surface area contributed by atoms with Crippen LogP contribution >= 0.6 is 0 Å². The number of rotatable bonds is 7. The first kappa shape index (κ1) is 18.0. The third kappa shape index (κ3) is 4.83. The van der Waals surface area contributed by atoms with E-state index in [1.54, 1.807) is 11.0 Å². The summed E-state index contributed by atoms with van der Waals surface area (Å²) in [6.45, 7) is 2.02. The minimum atomic E-state index is -0.384. The monoisotopic (exact) mass is 332 g/mol. The number of carbonyl (C=O) groups excluding carboxylic acids is 2. The third-order valence-corrected chi connectivity index (χ3v) is 4.14. The van der Waals surface area contributed by atoms with Crippen LogP contribution in [0.5, 0.6) is 5.75 Å². The number of hydrogen-bond donors (Lipinski definition) is 0. The second-order valence-electron chi connectivity index (χ2n) is 5.82. The third-order valence-electron chi connectivity index (χ3n) is 4.14. The molecule has 24 heavy (non-hydrogen) atoms. The molecule has 6 heteroatoms. The van der Waals surface area contributed by atoms with Crippen LogP contribution in [0.25, 0.3) is 6.08 Å². The Morgan fingerprint density at radius 1 is 1.38 bits per heavy atom. The fourth-order valence-corrected chi connectivity index (χ4v) is 2.58. The lowest BCUT2D eigenvalue weighted by Gasteiger charge is -2.22. The van der Waals surface area contributed by atoms with Gasteiger partial charge in [-0.2, -0.15) is 0 Å². The van der Waals surface area contributed by atoms with Gasteiger partial charge in [-0.15, -0.1) is 0 Å². The topological polar surface area (TPSA) is 59.1 Å². The first-order chi connectivity index (χ1) is 11.5. The van der Waals surface area contributed by atoms with Crippen molar-refractivity contribution in [3.05, 3.63) is 35.9 Å². The minimum Gasteiger partial charge on any atom is -0.492 e. The fraction of sp³-hybridized carbons (Fsp3) is 0.444. The molecule has 0 saturated carbocycles. The predicted octanol–water partition coefficient (Wildman–Crippen LogP) is 1.41. The van der Waals surface area contributed by atoms with Gasteiger partial charge in [-0.3, -0.25) is 9.69 Å². The molecule has 1 aliphatic rings. The number of methoxy groups -OCH3 is 1.